The van der Waals surface area contributed by atoms with Gasteiger partial charge in [-0.25, -0.2) is 5.48 Å². The van der Waals surface area contributed by atoms with Crippen LogP contribution in [0.5, 0.6) is 0 Å². The number of piperidine rings is 1. The van der Waals surface area contributed by atoms with Crippen molar-refractivity contribution in [3.63, 3.8) is 0 Å². The van der Waals surface area contributed by atoms with Crippen LogP contribution >= 0.6 is 0 Å². The lowest BCUT2D eigenvalue weighted by Gasteiger charge is -2.23. The molecule has 1 saturated heterocycles. The first-order valence-corrected chi connectivity index (χ1v) is 6.05. The van der Waals surface area contributed by atoms with E-state index in [4.69, 9.17) is 4.84 Å². The number of amides is 1. The Morgan fingerprint density at radius 1 is 1.13 bits per heavy atom. The summed E-state index contributed by atoms with van der Waals surface area (Å²) in [7, 11) is 0. The lowest BCUT2D eigenvalue weighted by Crippen LogP contribution is -2.47. The monoisotopic (exact) mass is 212 g/mol. The summed E-state index contributed by atoms with van der Waals surface area (Å²) in [6.07, 6.45) is 8.10. The molecule has 0 bridgehead atoms. The maximum Gasteiger partial charge on any atom is 0.260 e. The van der Waals surface area contributed by atoms with Crippen LogP contribution in [0.3, 0.4) is 0 Å². The van der Waals surface area contributed by atoms with Gasteiger partial charge in [-0.15, -0.1) is 0 Å². The number of hydroxylamine groups is 1. The smallest absolute Gasteiger partial charge is 0.260 e. The van der Waals surface area contributed by atoms with Gasteiger partial charge >= 0.3 is 0 Å². The Bertz CT molecular complexity index is 209. The summed E-state index contributed by atoms with van der Waals surface area (Å²) in [5.41, 5.74) is 2.59. The molecule has 1 atom stereocenters. The van der Waals surface area contributed by atoms with Gasteiger partial charge in [0.05, 0.1) is 12.1 Å². The summed E-state index contributed by atoms with van der Waals surface area (Å²) in [4.78, 5) is 17.0. The largest absolute Gasteiger partial charge is 0.306 e. The van der Waals surface area contributed by atoms with Crippen molar-refractivity contribution in [3.05, 3.63) is 0 Å². The number of hydrogen-bond acceptors (Lipinski definition) is 3. The van der Waals surface area contributed by atoms with E-state index in [1.54, 1.807) is 0 Å². The van der Waals surface area contributed by atoms with Gasteiger partial charge in [0.15, 0.2) is 0 Å². The van der Waals surface area contributed by atoms with Crippen LogP contribution in [0.1, 0.15) is 44.9 Å². The molecule has 2 fully saturated rings. The molecule has 1 aliphatic heterocycles. The summed E-state index contributed by atoms with van der Waals surface area (Å²) in [6, 6.07) is -0.0415. The molecule has 4 heteroatoms. The molecule has 2 rings (SSSR count). The molecule has 1 heterocycles. The molecule has 4 nitrogen and oxygen atoms in total. The Hall–Kier alpha value is -0.610. The van der Waals surface area contributed by atoms with Crippen LogP contribution < -0.4 is 10.8 Å². The average molecular weight is 212 g/mol. The normalized spacial score (nSPS) is 27.9. The Kier molecular flexibility index (Phi) is 3.97. The maximum absolute atomic E-state index is 11.7. The second kappa shape index (κ2) is 5.47. The minimum absolute atomic E-state index is 0.00148. The van der Waals surface area contributed by atoms with E-state index in [-0.39, 0.29) is 18.1 Å². The van der Waals surface area contributed by atoms with Gasteiger partial charge in [-0.05, 0) is 32.2 Å². The van der Waals surface area contributed by atoms with Crippen LogP contribution in [-0.2, 0) is 9.63 Å². The molecule has 1 aliphatic carbocycles. The second-order valence-corrected chi connectivity index (χ2v) is 4.49. The molecule has 1 amide bonds. The van der Waals surface area contributed by atoms with E-state index >= 15 is 0 Å². The summed E-state index contributed by atoms with van der Waals surface area (Å²) in [5.74, 6) is 0.00148. The van der Waals surface area contributed by atoms with Crippen LogP contribution in [0.2, 0.25) is 0 Å². The van der Waals surface area contributed by atoms with Crippen molar-refractivity contribution < 1.29 is 9.63 Å². The molecule has 2 N–H and O–H groups in total. The van der Waals surface area contributed by atoms with Crippen LogP contribution in [0, 0.1) is 0 Å². The number of rotatable bonds is 3. The van der Waals surface area contributed by atoms with Crippen molar-refractivity contribution >= 4 is 5.91 Å². The Morgan fingerprint density at radius 2 is 1.87 bits per heavy atom. The lowest BCUT2D eigenvalue weighted by atomic mass is 10.1. The summed E-state index contributed by atoms with van der Waals surface area (Å²) in [6.45, 7) is 0.946. The standard InChI is InChI=1S/C11H20N2O2/c14-11(10-7-3-4-8-12-10)13-15-9-5-1-2-6-9/h9-10,12H,1-8H2,(H,13,14). The first-order valence-electron chi connectivity index (χ1n) is 6.05. The molecule has 1 unspecified atom stereocenters. The molecule has 0 radical (unpaired) electrons. The Labute approximate surface area is 90.7 Å². The van der Waals surface area contributed by atoms with Crippen molar-refractivity contribution in [3.8, 4) is 0 Å². The van der Waals surface area contributed by atoms with Crippen molar-refractivity contribution in [2.45, 2.75) is 57.1 Å². The topological polar surface area (TPSA) is 50.4 Å². The van der Waals surface area contributed by atoms with Gasteiger partial charge in [-0.2, -0.15) is 0 Å². The third-order valence-electron chi connectivity index (χ3n) is 3.26. The lowest BCUT2D eigenvalue weighted by molar-refractivity contribution is -0.140. The van der Waals surface area contributed by atoms with Gasteiger partial charge in [-0.1, -0.05) is 19.3 Å². The fourth-order valence-corrected chi connectivity index (χ4v) is 2.29. The maximum atomic E-state index is 11.7. The predicted octanol–water partition coefficient (Wildman–Crippen LogP) is 1.12. The van der Waals surface area contributed by atoms with Crippen LogP contribution in [0.25, 0.3) is 0 Å². The van der Waals surface area contributed by atoms with E-state index in [0.717, 1.165) is 32.2 Å². The first kappa shape index (κ1) is 10.9. The fraction of sp³-hybridized carbons (Fsp3) is 0.909. The van der Waals surface area contributed by atoms with Gasteiger partial charge in [0.2, 0.25) is 0 Å². The zero-order valence-electron chi connectivity index (χ0n) is 9.13. The van der Waals surface area contributed by atoms with Crippen molar-refractivity contribution in [1.82, 2.24) is 10.8 Å². The highest BCUT2D eigenvalue weighted by molar-refractivity contribution is 5.80. The van der Waals surface area contributed by atoms with Crippen LogP contribution in [0.4, 0.5) is 0 Å². The van der Waals surface area contributed by atoms with E-state index in [0.29, 0.717) is 0 Å². The molecule has 15 heavy (non-hydrogen) atoms. The number of nitrogens with one attached hydrogen (secondary N) is 2. The van der Waals surface area contributed by atoms with Crippen molar-refractivity contribution in [1.29, 1.82) is 0 Å². The van der Waals surface area contributed by atoms with E-state index < -0.39 is 0 Å². The molecule has 2 aliphatic rings. The van der Waals surface area contributed by atoms with Crippen molar-refractivity contribution in [2.75, 3.05) is 6.54 Å². The zero-order valence-corrected chi connectivity index (χ0v) is 9.13. The quantitative estimate of drug-likeness (QED) is 0.689. The Morgan fingerprint density at radius 3 is 2.53 bits per heavy atom. The second-order valence-electron chi connectivity index (χ2n) is 4.49. The molecular formula is C11H20N2O2. The molecule has 1 saturated carbocycles. The third-order valence-corrected chi connectivity index (χ3v) is 3.26. The minimum atomic E-state index is -0.0415. The molecule has 0 aromatic rings. The van der Waals surface area contributed by atoms with Crippen molar-refractivity contribution in [2.24, 2.45) is 0 Å². The van der Waals surface area contributed by atoms with Gasteiger partial charge < -0.3 is 5.32 Å². The number of carbonyl (C=O) groups is 1. The summed E-state index contributed by atoms with van der Waals surface area (Å²) < 4.78 is 0. The fourth-order valence-electron chi connectivity index (χ4n) is 2.29. The summed E-state index contributed by atoms with van der Waals surface area (Å²) >= 11 is 0. The van der Waals surface area contributed by atoms with E-state index in [1.807, 2.05) is 0 Å². The van der Waals surface area contributed by atoms with Crippen LogP contribution in [-0.4, -0.2) is 24.6 Å². The first-order chi connectivity index (χ1) is 7.36. The molecule has 0 spiro atoms. The highest BCUT2D eigenvalue weighted by Crippen LogP contribution is 2.20. The van der Waals surface area contributed by atoms with Crippen LogP contribution in [0.15, 0.2) is 0 Å². The Balaban J connectivity index is 1.66. The average Bonchev–Trinajstić information content (AvgIpc) is 2.80. The molecule has 0 aromatic heterocycles. The minimum Gasteiger partial charge on any atom is -0.306 e. The molecule has 86 valence electrons. The van der Waals surface area contributed by atoms with E-state index in [2.05, 4.69) is 10.8 Å². The number of carbonyl (C=O) groups excluding carboxylic acids is 1. The SMILES string of the molecule is O=C(NOC1CCCC1)C1CCCCN1. The summed E-state index contributed by atoms with van der Waals surface area (Å²) in [5, 5.41) is 3.20. The van der Waals surface area contributed by atoms with Gasteiger partial charge in [0.25, 0.3) is 5.91 Å². The van der Waals surface area contributed by atoms with Gasteiger partial charge in [0, 0.05) is 0 Å². The predicted molar refractivity (Wildman–Crippen MR) is 57.1 cm³/mol. The van der Waals surface area contributed by atoms with Gasteiger partial charge in [0.1, 0.15) is 0 Å². The van der Waals surface area contributed by atoms with E-state index in [1.165, 1.54) is 19.3 Å². The highest BCUT2D eigenvalue weighted by Gasteiger charge is 2.22. The zero-order chi connectivity index (χ0) is 10.5. The van der Waals surface area contributed by atoms with Gasteiger partial charge in [-0.3, -0.25) is 9.63 Å². The highest BCUT2D eigenvalue weighted by atomic mass is 16.7. The third kappa shape index (κ3) is 3.18. The molecule has 0 aromatic carbocycles. The molecular weight excluding hydrogens is 192 g/mol. The number of hydrogen-bond donors (Lipinski definition) is 2. The van der Waals surface area contributed by atoms with E-state index in [9.17, 15) is 4.79 Å².